The van der Waals surface area contributed by atoms with E-state index in [0.29, 0.717) is 30.1 Å². The highest BCUT2D eigenvalue weighted by Gasteiger charge is 2.33. The molecule has 1 atom stereocenters. The van der Waals surface area contributed by atoms with Crippen LogP contribution in [0.3, 0.4) is 0 Å². The Balaban J connectivity index is 1.38. The minimum absolute atomic E-state index is 0.0396. The van der Waals surface area contributed by atoms with Crippen molar-refractivity contribution in [2.24, 2.45) is 5.73 Å². The second kappa shape index (κ2) is 9.49. The summed E-state index contributed by atoms with van der Waals surface area (Å²) in [5.41, 5.74) is 10.0. The van der Waals surface area contributed by atoms with Gasteiger partial charge < -0.3 is 20.4 Å². The van der Waals surface area contributed by atoms with Gasteiger partial charge in [-0.15, -0.1) is 5.10 Å². The van der Waals surface area contributed by atoms with Gasteiger partial charge in [0.15, 0.2) is 5.65 Å². The van der Waals surface area contributed by atoms with E-state index in [-0.39, 0.29) is 18.0 Å². The first-order chi connectivity index (χ1) is 18.9. The van der Waals surface area contributed by atoms with Crippen LogP contribution in [0.1, 0.15) is 52.6 Å². The number of aromatic nitrogens is 6. The van der Waals surface area contributed by atoms with Crippen LogP contribution in [0.4, 0.5) is 11.6 Å². The summed E-state index contributed by atoms with van der Waals surface area (Å²) in [5.74, 6) is 1.79. The van der Waals surface area contributed by atoms with Gasteiger partial charge in [-0.25, -0.2) is 9.67 Å². The predicted octanol–water partition coefficient (Wildman–Crippen LogP) is 2.53. The normalized spacial score (nSPS) is 20.3. The third kappa shape index (κ3) is 4.39. The van der Waals surface area contributed by atoms with Crippen molar-refractivity contribution < 1.29 is 4.79 Å². The smallest absolute Gasteiger partial charge is 0.254 e. The zero-order valence-electron chi connectivity index (χ0n) is 21.9. The van der Waals surface area contributed by atoms with Gasteiger partial charge >= 0.3 is 0 Å². The Morgan fingerprint density at radius 1 is 1.10 bits per heavy atom. The third-order valence-electron chi connectivity index (χ3n) is 8.07. The van der Waals surface area contributed by atoms with Gasteiger partial charge in [0.2, 0.25) is 0 Å². The Bertz CT molecular complexity index is 1560. The summed E-state index contributed by atoms with van der Waals surface area (Å²) in [6.45, 7) is 3.39. The van der Waals surface area contributed by atoms with E-state index >= 15 is 0 Å². The summed E-state index contributed by atoms with van der Waals surface area (Å²) in [6, 6.07) is 9.65. The summed E-state index contributed by atoms with van der Waals surface area (Å²) in [6.07, 6.45) is 5.48. The first-order valence-corrected chi connectivity index (χ1v) is 13.9. The molecule has 2 saturated heterocycles. The van der Waals surface area contributed by atoms with Crippen LogP contribution in [0.15, 0.2) is 36.5 Å². The Hall–Kier alpha value is -3.70. The number of benzene rings is 1. The molecule has 202 valence electrons. The molecular formula is C27H31ClN10O. The van der Waals surface area contributed by atoms with E-state index in [1.807, 2.05) is 33.8 Å². The lowest BCUT2D eigenvalue weighted by atomic mass is 9.97. The highest BCUT2D eigenvalue weighted by Crippen LogP contribution is 2.34. The number of carbonyl (C=O) groups excluding carboxylic acids is 1. The molecule has 0 radical (unpaired) electrons. The number of likely N-dealkylation sites (N-methyl/N-ethyl adjacent to an activating group) is 1. The zero-order valence-corrected chi connectivity index (χ0v) is 22.6. The summed E-state index contributed by atoms with van der Waals surface area (Å²) in [4.78, 5) is 25.4. The zero-order chi connectivity index (χ0) is 26.7. The van der Waals surface area contributed by atoms with Gasteiger partial charge in [0.05, 0.1) is 24.0 Å². The largest absolute Gasteiger partial charge is 0.359 e. The summed E-state index contributed by atoms with van der Waals surface area (Å²) in [5, 5.41) is 14.4. The molecular weight excluding hydrogens is 516 g/mol. The van der Waals surface area contributed by atoms with Crippen molar-refractivity contribution >= 4 is 34.8 Å². The topological polar surface area (TPSA) is 114 Å². The Labute approximate surface area is 231 Å². The van der Waals surface area contributed by atoms with E-state index in [1.165, 1.54) is 0 Å². The average molecular weight is 547 g/mol. The predicted molar refractivity (Wildman–Crippen MR) is 148 cm³/mol. The quantitative estimate of drug-likeness (QED) is 0.387. The Morgan fingerprint density at radius 3 is 2.82 bits per heavy atom. The maximum Gasteiger partial charge on any atom is 0.254 e. The molecule has 3 aliphatic rings. The van der Waals surface area contributed by atoms with Crippen molar-refractivity contribution in [3.63, 3.8) is 0 Å². The molecule has 0 aliphatic carbocycles. The molecule has 6 heterocycles. The molecule has 3 aromatic heterocycles. The molecule has 2 N–H and O–H groups in total. The monoisotopic (exact) mass is 546 g/mol. The van der Waals surface area contributed by atoms with E-state index in [2.05, 4.69) is 33.2 Å². The number of piperidine rings is 1. The number of amides is 1. The summed E-state index contributed by atoms with van der Waals surface area (Å²) < 4.78 is 3.70. The van der Waals surface area contributed by atoms with Gasteiger partial charge in [-0.2, -0.15) is 9.61 Å². The fraction of sp³-hybridized carbons (Fsp3) is 0.444. The minimum atomic E-state index is -0.148. The second-order valence-electron chi connectivity index (χ2n) is 10.9. The van der Waals surface area contributed by atoms with E-state index in [0.717, 1.165) is 73.1 Å². The van der Waals surface area contributed by atoms with E-state index in [1.54, 1.807) is 10.7 Å². The first kappa shape index (κ1) is 24.3. The van der Waals surface area contributed by atoms with Crippen LogP contribution in [-0.2, 0) is 13.0 Å². The van der Waals surface area contributed by atoms with E-state index in [9.17, 15) is 4.79 Å². The highest BCUT2D eigenvalue weighted by molar-refractivity contribution is 6.31. The van der Waals surface area contributed by atoms with Crippen LogP contribution in [0, 0.1) is 0 Å². The molecule has 7 rings (SSSR count). The number of anilines is 2. The molecule has 12 heteroatoms. The lowest BCUT2D eigenvalue weighted by molar-refractivity contribution is 0.0604. The molecule has 39 heavy (non-hydrogen) atoms. The fourth-order valence-electron chi connectivity index (χ4n) is 5.88. The van der Waals surface area contributed by atoms with Crippen molar-refractivity contribution in [3.05, 3.63) is 64.1 Å². The van der Waals surface area contributed by atoms with E-state index < -0.39 is 0 Å². The highest BCUT2D eigenvalue weighted by atomic mass is 35.5. The third-order valence-corrected chi connectivity index (χ3v) is 8.30. The standard InChI is InChI=1S/C27H31ClN10O/c1-34-9-7-20-16-36(33-31-20)13-17-5-6-18(28)10-21(17)27(39)37-8-3-2-4-23(37)22-11-25-30-24(35-14-19(29)15-35)12-26(34)38(25)32-22/h5-6,10-12,16,19,23H,2-4,7-9,13-15,29H2,1H3/t23-/m0/s1. The van der Waals surface area contributed by atoms with Gasteiger partial charge in [0.25, 0.3) is 5.91 Å². The van der Waals surface area contributed by atoms with Crippen molar-refractivity contribution in [1.82, 2.24) is 34.5 Å². The second-order valence-corrected chi connectivity index (χ2v) is 11.3. The molecule has 2 fully saturated rings. The van der Waals surface area contributed by atoms with Crippen LogP contribution in [-0.4, -0.2) is 79.7 Å². The summed E-state index contributed by atoms with van der Waals surface area (Å²) in [7, 11) is 2.06. The number of rotatable bonds is 1. The molecule has 1 amide bonds. The van der Waals surface area contributed by atoms with Crippen LogP contribution in [0.25, 0.3) is 5.65 Å². The van der Waals surface area contributed by atoms with Crippen molar-refractivity contribution in [2.75, 3.05) is 43.0 Å². The van der Waals surface area contributed by atoms with Gasteiger partial charge in [-0.3, -0.25) is 4.79 Å². The molecule has 3 aliphatic heterocycles. The SMILES string of the molecule is CN1CCc2cn(nn2)Cc2ccc(Cl)cc2C(=O)N2CCCC[C@H]2c2cc3nc(N4CC(N)C4)cc1n3n2. The van der Waals surface area contributed by atoms with Gasteiger partial charge in [-0.1, -0.05) is 22.9 Å². The van der Waals surface area contributed by atoms with Crippen molar-refractivity contribution in [1.29, 1.82) is 0 Å². The number of carbonyl (C=O) groups is 1. The van der Waals surface area contributed by atoms with Crippen LogP contribution < -0.4 is 15.5 Å². The maximum absolute atomic E-state index is 14.1. The average Bonchev–Trinajstić information content (AvgIpc) is 3.56. The van der Waals surface area contributed by atoms with Gasteiger partial charge in [0, 0.05) is 74.6 Å². The molecule has 1 aromatic carbocycles. The number of halogens is 1. The lowest BCUT2D eigenvalue weighted by Crippen LogP contribution is -2.56. The summed E-state index contributed by atoms with van der Waals surface area (Å²) >= 11 is 6.40. The molecule has 4 aromatic rings. The van der Waals surface area contributed by atoms with Crippen molar-refractivity contribution in [2.45, 2.75) is 44.3 Å². The number of nitrogens with zero attached hydrogens (tertiary/aromatic N) is 9. The first-order valence-electron chi connectivity index (χ1n) is 13.5. The fourth-order valence-corrected chi connectivity index (χ4v) is 6.06. The number of nitrogens with two attached hydrogens (primary N) is 1. The molecule has 0 unspecified atom stereocenters. The van der Waals surface area contributed by atoms with Crippen LogP contribution in [0.5, 0.6) is 0 Å². The Kier molecular flexibility index (Phi) is 5.93. The minimum Gasteiger partial charge on any atom is -0.359 e. The molecule has 0 spiro atoms. The number of fused-ring (bicyclic) bond motifs is 6. The van der Waals surface area contributed by atoms with Gasteiger partial charge in [0.1, 0.15) is 11.6 Å². The molecule has 4 bridgehead atoms. The van der Waals surface area contributed by atoms with Crippen LogP contribution >= 0.6 is 11.6 Å². The van der Waals surface area contributed by atoms with Crippen molar-refractivity contribution in [3.8, 4) is 0 Å². The van der Waals surface area contributed by atoms with Crippen LogP contribution in [0.2, 0.25) is 5.02 Å². The number of hydrogen-bond donors (Lipinski definition) is 1. The maximum atomic E-state index is 14.1. The lowest BCUT2D eigenvalue weighted by Gasteiger charge is -2.38. The number of hydrogen-bond acceptors (Lipinski definition) is 8. The Morgan fingerprint density at radius 2 is 1.97 bits per heavy atom. The van der Waals surface area contributed by atoms with Gasteiger partial charge in [-0.05, 0) is 37.0 Å². The molecule has 11 nitrogen and oxygen atoms in total. The molecule has 0 saturated carbocycles. The van der Waals surface area contributed by atoms with E-state index in [4.69, 9.17) is 27.4 Å².